The quantitative estimate of drug-likeness (QED) is 0.618. The van der Waals surface area contributed by atoms with Crippen molar-refractivity contribution in [3.8, 4) is 22.6 Å². The van der Waals surface area contributed by atoms with E-state index in [1.54, 1.807) is 25.6 Å². The van der Waals surface area contributed by atoms with Crippen molar-refractivity contribution < 1.29 is 23.4 Å². The van der Waals surface area contributed by atoms with Gasteiger partial charge in [-0.25, -0.2) is 4.39 Å². The van der Waals surface area contributed by atoms with E-state index in [2.05, 4.69) is 20.4 Å². The number of hydrogen-bond donors (Lipinski definition) is 2. The number of carbonyl (C=O) groups is 1. The number of carbonyl (C=O) groups excluding carboxylic acids is 1. The summed E-state index contributed by atoms with van der Waals surface area (Å²) in [6.45, 7) is 2.70. The standard InChI is InChI=1S/C24H25FN4O4/c1-31-18-3-2-15-8-16(14-33-23(15)9-18)24(30)28-21-11-20(25)19(17-12-26-27-13-17)10-22(21)29-4-6-32-7-5-29/h2-3,9-13,16H,4-8,14H2,1H3,(H,26,27)(H,28,30). The largest absolute Gasteiger partial charge is 0.497 e. The molecular formula is C24H25FN4O4. The summed E-state index contributed by atoms with van der Waals surface area (Å²) in [5.41, 5.74) is 3.20. The number of anilines is 2. The third-order valence-corrected chi connectivity index (χ3v) is 6.06. The fourth-order valence-corrected chi connectivity index (χ4v) is 4.23. The number of halogens is 1. The molecule has 1 fully saturated rings. The van der Waals surface area contributed by atoms with Crippen LogP contribution in [0.2, 0.25) is 0 Å². The fourth-order valence-electron chi connectivity index (χ4n) is 4.23. The zero-order chi connectivity index (χ0) is 22.8. The van der Waals surface area contributed by atoms with Gasteiger partial charge in [0.1, 0.15) is 23.9 Å². The average molecular weight is 452 g/mol. The molecule has 2 aliphatic rings. The van der Waals surface area contributed by atoms with E-state index in [9.17, 15) is 4.79 Å². The van der Waals surface area contributed by atoms with Crippen molar-refractivity contribution in [2.45, 2.75) is 6.42 Å². The number of nitrogens with one attached hydrogen (secondary N) is 2. The van der Waals surface area contributed by atoms with Crippen LogP contribution >= 0.6 is 0 Å². The maximum Gasteiger partial charge on any atom is 0.231 e. The number of amides is 1. The molecule has 172 valence electrons. The van der Waals surface area contributed by atoms with Crippen LogP contribution < -0.4 is 19.7 Å². The zero-order valence-corrected chi connectivity index (χ0v) is 18.3. The summed E-state index contributed by atoms with van der Waals surface area (Å²) in [4.78, 5) is 15.3. The molecule has 0 aliphatic carbocycles. The molecule has 3 heterocycles. The summed E-state index contributed by atoms with van der Waals surface area (Å²) in [5.74, 6) is 0.408. The highest BCUT2D eigenvalue weighted by atomic mass is 19.1. The number of fused-ring (bicyclic) bond motifs is 1. The van der Waals surface area contributed by atoms with Crippen molar-refractivity contribution >= 4 is 17.3 Å². The molecule has 5 rings (SSSR count). The van der Waals surface area contributed by atoms with Crippen LogP contribution in [0, 0.1) is 11.7 Å². The van der Waals surface area contributed by atoms with E-state index in [1.807, 2.05) is 18.2 Å². The number of benzene rings is 2. The molecule has 1 saturated heterocycles. The number of morpholine rings is 1. The van der Waals surface area contributed by atoms with Crippen molar-refractivity contribution in [1.82, 2.24) is 10.2 Å². The molecule has 9 heteroatoms. The molecule has 1 atom stereocenters. The molecule has 1 aromatic heterocycles. The van der Waals surface area contributed by atoms with Gasteiger partial charge in [-0.15, -0.1) is 0 Å². The smallest absolute Gasteiger partial charge is 0.231 e. The predicted molar refractivity (Wildman–Crippen MR) is 121 cm³/mol. The van der Waals surface area contributed by atoms with Crippen LogP contribution in [-0.2, 0) is 16.0 Å². The van der Waals surface area contributed by atoms with Crippen LogP contribution in [0.15, 0.2) is 42.7 Å². The van der Waals surface area contributed by atoms with Crippen molar-refractivity contribution in [3.63, 3.8) is 0 Å². The molecular weight excluding hydrogens is 427 g/mol. The first-order valence-electron chi connectivity index (χ1n) is 10.9. The number of rotatable bonds is 5. The van der Waals surface area contributed by atoms with Gasteiger partial charge < -0.3 is 24.4 Å². The van der Waals surface area contributed by atoms with Gasteiger partial charge in [0.05, 0.1) is 43.8 Å². The lowest BCUT2D eigenvalue weighted by molar-refractivity contribution is -0.121. The van der Waals surface area contributed by atoms with E-state index in [1.165, 1.54) is 6.07 Å². The average Bonchev–Trinajstić information content (AvgIpc) is 3.38. The Balaban J connectivity index is 1.41. The van der Waals surface area contributed by atoms with Gasteiger partial charge in [0.25, 0.3) is 0 Å². The van der Waals surface area contributed by atoms with E-state index in [4.69, 9.17) is 14.2 Å². The summed E-state index contributed by atoms with van der Waals surface area (Å²) < 4.78 is 31.6. The van der Waals surface area contributed by atoms with E-state index < -0.39 is 5.82 Å². The molecule has 3 aromatic rings. The second-order valence-corrected chi connectivity index (χ2v) is 8.11. The third-order valence-electron chi connectivity index (χ3n) is 6.06. The van der Waals surface area contributed by atoms with Gasteiger partial charge in [0.15, 0.2) is 0 Å². The first-order valence-corrected chi connectivity index (χ1v) is 10.9. The molecule has 1 unspecified atom stereocenters. The van der Waals surface area contributed by atoms with Gasteiger partial charge in [0.2, 0.25) is 5.91 Å². The topological polar surface area (TPSA) is 88.7 Å². The second kappa shape index (κ2) is 9.11. The summed E-state index contributed by atoms with van der Waals surface area (Å²) in [6.07, 6.45) is 3.75. The Labute approximate surface area is 190 Å². The lowest BCUT2D eigenvalue weighted by Gasteiger charge is -2.31. The van der Waals surface area contributed by atoms with Crippen molar-refractivity contribution in [2.75, 3.05) is 50.2 Å². The lowest BCUT2D eigenvalue weighted by atomic mass is 9.95. The first kappa shape index (κ1) is 21.3. The Hall–Kier alpha value is -3.59. The number of nitrogens with zero attached hydrogens (tertiary/aromatic N) is 2. The molecule has 0 radical (unpaired) electrons. The molecule has 0 spiro atoms. The minimum atomic E-state index is -0.430. The van der Waals surface area contributed by atoms with Gasteiger partial charge >= 0.3 is 0 Å². The van der Waals surface area contributed by atoms with Crippen LogP contribution in [0.5, 0.6) is 11.5 Å². The Bertz CT molecular complexity index is 1150. The van der Waals surface area contributed by atoms with E-state index in [0.717, 1.165) is 17.0 Å². The zero-order valence-electron chi connectivity index (χ0n) is 18.3. The summed E-state index contributed by atoms with van der Waals surface area (Å²) in [6, 6.07) is 8.73. The highest BCUT2D eigenvalue weighted by Gasteiger charge is 2.28. The minimum absolute atomic E-state index is 0.207. The van der Waals surface area contributed by atoms with Crippen molar-refractivity contribution in [2.24, 2.45) is 5.92 Å². The van der Waals surface area contributed by atoms with Gasteiger partial charge in [-0.05, 0) is 24.1 Å². The Morgan fingerprint density at radius 1 is 1.27 bits per heavy atom. The molecule has 8 nitrogen and oxygen atoms in total. The SMILES string of the molecule is COc1ccc2c(c1)OCC(C(=O)Nc1cc(F)c(-c3cn[nH]c3)cc1N1CCOCC1)C2. The van der Waals surface area contributed by atoms with Crippen LogP contribution in [0.4, 0.5) is 15.8 Å². The number of ether oxygens (including phenoxy) is 3. The summed E-state index contributed by atoms with van der Waals surface area (Å²) in [5, 5.41) is 9.60. The predicted octanol–water partition coefficient (Wildman–Crippen LogP) is 3.25. The molecule has 2 N–H and O–H groups in total. The minimum Gasteiger partial charge on any atom is -0.497 e. The highest BCUT2D eigenvalue weighted by molar-refractivity contribution is 5.97. The second-order valence-electron chi connectivity index (χ2n) is 8.11. The number of methoxy groups -OCH3 is 1. The highest BCUT2D eigenvalue weighted by Crippen LogP contribution is 2.36. The molecule has 0 saturated carbocycles. The van der Waals surface area contributed by atoms with Gasteiger partial charge in [-0.1, -0.05) is 6.07 Å². The van der Waals surface area contributed by atoms with E-state index >= 15 is 4.39 Å². The maximum atomic E-state index is 15.0. The molecule has 2 aromatic carbocycles. The number of aromatic nitrogens is 2. The third kappa shape index (κ3) is 4.36. The molecule has 0 bridgehead atoms. The maximum absolute atomic E-state index is 15.0. The Morgan fingerprint density at radius 3 is 2.88 bits per heavy atom. The van der Waals surface area contributed by atoms with Gasteiger partial charge in [0, 0.05) is 42.5 Å². The number of hydrogen-bond acceptors (Lipinski definition) is 6. The molecule has 1 amide bonds. The van der Waals surface area contributed by atoms with Crippen molar-refractivity contribution in [1.29, 1.82) is 0 Å². The van der Waals surface area contributed by atoms with Gasteiger partial charge in [-0.3, -0.25) is 9.89 Å². The molecule has 2 aliphatic heterocycles. The Morgan fingerprint density at radius 2 is 2.12 bits per heavy atom. The summed E-state index contributed by atoms with van der Waals surface area (Å²) in [7, 11) is 1.60. The monoisotopic (exact) mass is 452 g/mol. The number of aromatic amines is 1. The fraction of sp³-hybridized carbons (Fsp3) is 0.333. The van der Waals surface area contributed by atoms with E-state index in [-0.39, 0.29) is 18.4 Å². The van der Waals surface area contributed by atoms with E-state index in [0.29, 0.717) is 55.3 Å². The van der Waals surface area contributed by atoms with Crippen molar-refractivity contribution in [3.05, 3.63) is 54.1 Å². The summed E-state index contributed by atoms with van der Waals surface area (Å²) >= 11 is 0. The Kier molecular flexibility index (Phi) is 5.87. The first-order chi connectivity index (χ1) is 16.1. The van der Waals surface area contributed by atoms with Gasteiger partial charge in [-0.2, -0.15) is 5.10 Å². The number of H-pyrrole nitrogens is 1. The molecule has 33 heavy (non-hydrogen) atoms. The lowest BCUT2D eigenvalue weighted by Crippen LogP contribution is -2.37. The van der Waals surface area contributed by atoms with Crippen LogP contribution in [0.3, 0.4) is 0 Å². The van der Waals surface area contributed by atoms with Crippen LogP contribution in [-0.4, -0.2) is 56.1 Å². The van der Waals surface area contributed by atoms with Crippen LogP contribution in [0.25, 0.3) is 11.1 Å². The van der Waals surface area contributed by atoms with Crippen LogP contribution in [0.1, 0.15) is 5.56 Å². The normalized spacial score (nSPS) is 17.8.